The fourth-order valence-electron chi connectivity index (χ4n) is 4.86. The number of piperazine rings is 1. The molecule has 4 rings (SSSR count). The molecule has 0 saturated carbocycles. The number of nitrogens with zero attached hydrogens (tertiary/aromatic N) is 2. The first-order valence-electron chi connectivity index (χ1n) is 11.7. The summed E-state index contributed by atoms with van der Waals surface area (Å²) in [6.45, 7) is 3.36. The number of likely N-dealkylation sites (N-methyl/N-ethyl adjacent to an activating group) is 1. The third kappa shape index (κ3) is 4.77. The van der Waals surface area contributed by atoms with Crippen molar-refractivity contribution in [1.29, 1.82) is 0 Å². The number of fused-ring (bicyclic) bond motifs is 3. The molecule has 1 aliphatic carbocycles. The lowest BCUT2D eigenvalue weighted by Crippen LogP contribution is -2.57. The third-order valence-corrected chi connectivity index (χ3v) is 6.92. The summed E-state index contributed by atoms with van der Waals surface area (Å²) in [4.78, 5) is 40.3. The number of amides is 2. The molecule has 2 unspecified atom stereocenters. The van der Waals surface area contributed by atoms with Crippen LogP contribution < -0.4 is 5.32 Å². The summed E-state index contributed by atoms with van der Waals surface area (Å²) in [5, 5.41) is 12.1. The van der Waals surface area contributed by atoms with Crippen LogP contribution >= 0.6 is 0 Å². The van der Waals surface area contributed by atoms with Crippen LogP contribution in [0.2, 0.25) is 0 Å². The standard InChI is InChI=1S/C26H31N3O5/c1-3-17(24(30)29-13-12-28(2)23(15-29)25(31)32)14-27-26(33)34-16-22-20-10-6-4-8-18(20)19-9-5-7-11-21(19)22/h4-11,17,22-23H,3,12-16H2,1-2H3,(H,27,33)(H,31,32). The first-order chi connectivity index (χ1) is 16.4. The van der Waals surface area contributed by atoms with Crippen LogP contribution in [0.4, 0.5) is 4.79 Å². The summed E-state index contributed by atoms with van der Waals surface area (Å²) in [5.74, 6) is -1.54. The van der Waals surface area contributed by atoms with Crippen molar-refractivity contribution >= 4 is 18.0 Å². The molecule has 2 aliphatic rings. The molecule has 1 aliphatic heterocycles. The molecule has 8 nitrogen and oxygen atoms in total. The van der Waals surface area contributed by atoms with Gasteiger partial charge in [-0.15, -0.1) is 0 Å². The molecule has 1 heterocycles. The molecular weight excluding hydrogens is 434 g/mol. The summed E-state index contributed by atoms with van der Waals surface area (Å²) in [6, 6.07) is 15.6. The number of alkyl carbamates (subject to hydrolysis) is 1. The number of ether oxygens (including phenoxy) is 1. The van der Waals surface area contributed by atoms with Crippen LogP contribution in [-0.2, 0) is 14.3 Å². The van der Waals surface area contributed by atoms with Gasteiger partial charge in [0, 0.05) is 32.1 Å². The molecule has 180 valence electrons. The highest BCUT2D eigenvalue weighted by Gasteiger charge is 2.34. The molecule has 2 N–H and O–H groups in total. The molecule has 0 spiro atoms. The molecule has 1 saturated heterocycles. The lowest BCUT2D eigenvalue weighted by molar-refractivity contribution is -0.148. The summed E-state index contributed by atoms with van der Waals surface area (Å²) in [7, 11) is 1.75. The molecule has 8 heteroatoms. The van der Waals surface area contributed by atoms with E-state index < -0.39 is 24.0 Å². The maximum absolute atomic E-state index is 13.0. The zero-order valence-electron chi connectivity index (χ0n) is 19.6. The van der Waals surface area contributed by atoms with Crippen LogP contribution in [0.5, 0.6) is 0 Å². The van der Waals surface area contributed by atoms with E-state index in [2.05, 4.69) is 29.6 Å². The van der Waals surface area contributed by atoms with E-state index in [1.165, 1.54) is 0 Å². The molecule has 2 atom stereocenters. The van der Waals surface area contributed by atoms with Crippen LogP contribution in [0.15, 0.2) is 48.5 Å². The summed E-state index contributed by atoms with van der Waals surface area (Å²) in [6.07, 6.45) is -0.0260. The minimum atomic E-state index is -0.940. The lowest BCUT2D eigenvalue weighted by Gasteiger charge is -2.38. The number of nitrogens with one attached hydrogen (secondary N) is 1. The Hall–Kier alpha value is -3.39. The van der Waals surface area contributed by atoms with Crippen molar-refractivity contribution in [2.45, 2.75) is 25.3 Å². The SMILES string of the molecule is CCC(CNC(=O)OCC1c2ccccc2-c2ccccc21)C(=O)N1CCN(C)C(C(=O)O)C1. The Morgan fingerprint density at radius 1 is 1.06 bits per heavy atom. The van der Waals surface area contributed by atoms with Crippen molar-refractivity contribution in [2.24, 2.45) is 5.92 Å². The number of hydrogen-bond donors (Lipinski definition) is 2. The lowest BCUT2D eigenvalue weighted by atomic mass is 9.98. The first-order valence-corrected chi connectivity index (χ1v) is 11.7. The molecule has 0 aromatic heterocycles. The fourth-order valence-corrected chi connectivity index (χ4v) is 4.86. The molecule has 2 amide bonds. The Kier molecular flexibility index (Phi) is 7.17. The summed E-state index contributed by atoms with van der Waals surface area (Å²) in [5.41, 5.74) is 4.61. The van der Waals surface area contributed by atoms with Crippen LogP contribution in [-0.4, -0.2) is 78.8 Å². The first kappa shape index (κ1) is 23.8. The van der Waals surface area contributed by atoms with Gasteiger partial charge in [-0.25, -0.2) is 4.79 Å². The summed E-state index contributed by atoms with van der Waals surface area (Å²) >= 11 is 0. The zero-order chi connectivity index (χ0) is 24.2. The Balaban J connectivity index is 1.32. The van der Waals surface area contributed by atoms with Crippen molar-refractivity contribution in [3.05, 3.63) is 59.7 Å². The van der Waals surface area contributed by atoms with E-state index in [4.69, 9.17) is 4.74 Å². The van der Waals surface area contributed by atoms with Crippen LogP contribution in [0.1, 0.15) is 30.4 Å². The monoisotopic (exact) mass is 465 g/mol. The van der Waals surface area contributed by atoms with Gasteiger partial charge in [0.25, 0.3) is 0 Å². The van der Waals surface area contributed by atoms with Crippen molar-refractivity contribution < 1.29 is 24.2 Å². The van der Waals surface area contributed by atoms with Crippen molar-refractivity contribution in [1.82, 2.24) is 15.1 Å². The molecule has 0 radical (unpaired) electrons. The van der Waals surface area contributed by atoms with Crippen molar-refractivity contribution in [3.63, 3.8) is 0 Å². The van der Waals surface area contributed by atoms with Crippen LogP contribution in [0.3, 0.4) is 0 Å². The van der Waals surface area contributed by atoms with Gasteiger partial charge in [0.2, 0.25) is 5.91 Å². The fraction of sp³-hybridized carbons (Fsp3) is 0.423. The average Bonchev–Trinajstić information content (AvgIpc) is 3.16. The van der Waals surface area contributed by atoms with E-state index in [0.717, 1.165) is 22.3 Å². The number of carbonyl (C=O) groups is 3. The average molecular weight is 466 g/mol. The van der Waals surface area contributed by atoms with E-state index in [1.54, 1.807) is 16.8 Å². The van der Waals surface area contributed by atoms with Crippen LogP contribution in [0.25, 0.3) is 11.1 Å². The molecular formula is C26H31N3O5. The van der Waals surface area contributed by atoms with Crippen molar-refractivity contribution in [2.75, 3.05) is 39.8 Å². The number of carbonyl (C=O) groups excluding carboxylic acids is 2. The highest BCUT2D eigenvalue weighted by Crippen LogP contribution is 2.44. The van der Waals surface area contributed by atoms with Crippen molar-refractivity contribution in [3.8, 4) is 11.1 Å². The second-order valence-electron chi connectivity index (χ2n) is 8.93. The van der Waals surface area contributed by atoms with Gasteiger partial charge in [-0.05, 0) is 35.7 Å². The topological polar surface area (TPSA) is 99.2 Å². The minimum Gasteiger partial charge on any atom is -0.480 e. The van der Waals surface area contributed by atoms with Gasteiger partial charge in [0.1, 0.15) is 12.6 Å². The second-order valence-corrected chi connectivity index (χ2v) is 8.93. The van der Waals surface area contributed by atoms with E-state index in [1.807, 2.05) is 31.2 Å². The minimum absolute atomic E-state index is 0.0277. The Bertz CT molecular complexity index is 1030. The largest absolute Gasteiger partial charge is 0.480 e. The Labute approximate surface area is 199 Å². The predicted octanol–water partition coefficient (Wildman–Crippen LogP) is 2.78. The van der Waals surface area contributed by atoms with Gasteiger partial charge in [-0.1, -0.05) is 55.5 Å². The quantitative estimate of drug-likeness (QED) is 0.653. The van der Waals surface area contributed by atoms with Crippen LogP contribution in [0, 0.1) is 5.92 Å². The second kappa shape index (κ2) is 10.3. The number of aliphatic carboxylic acids is 1. The molecule has 0 bridgehead atoms. The number of carboxylic acid groups (broad SMARTS) is 1. The Morgan fingerprint density at radius 3 is 2.26 bits per heavy atom. The number of carboxylic acids is 1. The highest BCUT2D eigenvalue weighted by molar-refractivity contribution is 5.82. The van der Waals surface area contributed by atoms with Gasteiger partial charge < -0.3 is 20.1 Å². The van der Waals surface area contributed by atoms with Gasteiger partial charge >= 0.3 is 12.1 Å². The molecule has 2 aromatic carbocycles. The normalized spacial score (nSPS) is 18.6. The summed E-state index contributed by atoms with van der Waals surface area (Å²) < 4.78 is 5.56. The number of rotatable bonds is 7. The third-order valence-electron chi connectivity index (χ3n) is 6.92. The van der Waals surface area contributed by atoms with Gasteiger partial charge in [0.15, 0.2) is 0 Å². The van der Waals surface area contributed by atoms with Gasteiger partial charge in [-0.3, -0.25) is 14.5 Å². The molecule has 34 heavy (non-hydrogen) atoms. The Morgan fingerprint density at radius 2 is 1.68 bits per heavy atom. The number of hydrogen-bond acceptors (Lipinski definition) is 5. The number of benzene rings is 2. The maximum Gasteiger partial charge on any atom is 0.407 e. The smallest absolute Gasteiger partial charge is 0.407 e. The van der Waals surface area contributed by atoms with E-state index in [-0.39, 0.29) is 31.5 Å². The van der Waals surface area contributed by atoms with Gasteiger partial charge in [-0.2, -0.15) is 0 Å². The molecule has 1 fully saturated rings. The van der Waals surface area contributed by atoms with E-state index in [0.29, 0.717) is 19.5 Å². The van der Waals surface area contributed by atoms with E-state index >= 15 is 0 Å². The maximum atomic E-state index is 13.0. The predicted molar refractivity (Wildman–Crippen MR) is 127 cm³/mol. The highest BCUT2D eigenvalue weighted by atomic mass is 16.5. The van der Waals surface area contributed by atoms with E-state index in [9.17, 15) is 19.5 Å². The van der Waals surface area contributed by atoms with Gasteiger partial charge in [0.05, 0.1) is 5.92 Å². The zero-order valence-corrected chi connectivity index (χ0v) is 19.6. The molecule has 2 aromatic rings.